The standard InChI is InChI=1S/C25H38INO2P2S.2C7H8O/c1-19-12-8-10-14-22(19)28-30-21(3)16-25(7,17-24(4,5)6)18-27(32-26)31-29-23-15-11-9-13-20(23)2;2*1-6-4-2-3-5-7(6)8/h8-15,21,30-31H,16-18H2,1-7H3;2*2-5,8H,1H3. The average molecular weight is 822 g/mol. The zero-order valence-electron chi connectivity index (χ0n) is 29.9. The number of hydrogen-bond donors (Lipinski definition) is 2. The number of phenols is 2. The van der Waals surface area contributed by atoms with Gasteiger partial charge in [-0.05, 0) is 97.9 Å². The molecule has 4 aromatic carbocycles. The minimum atomic E-state index is 0.167. The summed E-state index contributed by atoms with van der Waals surface area (Å²) in [6, 6.07) is 31.0. The fraction of sp³-hybridized carbons (Fsp3) is 0.385. The van der Waals surface area contributed by atoms with E-state index in [-0.39, 0.29) is 10.8 Å². The number of para-hydroxylation sites is 4. The van der Waals surface area contributed by atoms with Crippen molar-refractivity contribution in [1.82, 2.24) is 4.08 Å². The van der Waals surface area contributed by atoms with Crippen LogP contribution in [0.5, 0.6) is 23.0 Å². The number of aryl methyl sites for hydroxylation is 4. The first-order valence-corrected chi connectivity index (χ1v) is 21.3. The van der Waals surface area contributed by atoms with E-state index >= 15 is 0 Å². The summed E-state index contributed by atoms with van der Waals surface area (Å²) in [6.45, 7) is 20.7. The maximum absolute atomic E-state index is 8.92. The molecule has 4 aromatic rings. The van der Waals surface area contributed by atoms with Crippen molar-refractivity contribution in [2.45, 2.75) is 80.8 Å². The van der Waals surface area contributed by atoms with Crippen molar-refractivity contribution in [2.24, 2.45) is 10.8 Å². The summed E-state index contributed by atoms with van der Waals surface area (Å²) in [7, 11) is 2.50. The van der Waals surface area contributed by atoms with Crippen LogP contribution in [-0.4, -0.2) is 26.5 Å². The van der Waals surface area contributed by atoms with Gasteiger partial charge in [-0.15, -0.1) is 0 Å². The second kappa shape index (κ2) is 21.3. The molecule has 0 spiro atoms. The molecule has 0 saturated carbocycles. The van der Waals surface area contributed by atoms with Gasteiger partial charge in [-0.3, -0.25) is 0 Å². The maximum Gasteiger partial charge on any atom is 0.160 e. The van der Waals surface area contributed by atoms with Crippen LogP contribution in [0.2, 0.25) is 0 Å². The van der Waals surface area contributed by atoms with E-state index in [2.05, 4.69) is 110 Å². The number of nitrogens with zero attached hydrogens (tertiary/aromatic N) is 1. The summed E-state index contributed by atoms with van der Waals surface area (Å²) in [5.41, 5.74) is 5.14. The van der Waals surface area contributed by atoms with Crippen molar-refractivity contribution in [1.29, 1.82) is 0 Å². The van der Waals surface area contributed by atoms with Crippen molar-refractivity contribution < 1.29 is 19.3 Å². The van der Waals surface area contributed by atoms with Crippen LogP contribution in [-0.2, 0) is 0 Å². The Labute approximate surface area is 310 Å². The third-order valence-electron chi connectivity index (χ3n) is 7.41. The lowest BCUT2D eigenvalue weighted by molar-refractivity contribution is 0.165. The van der Waals surface area contributed by atoms with Gasteiger partial charge in [0.15, 0.2) is 8.96 Å². The van der Waals surface area contributed by atoms with Gasteiger partial charge in [0, 0.05) is 42.5 Å². The topological polar surface area (TPSA) is 62.2 Å². The largest absolute Gasteiger partial charge is 0.508 e. The van der Waals surface area contributed by atoms with Crippen LogP contribution in [0, 0.1) is 38.5 Å². The number of phenolic OH excluding ortho intramolecular Hbond substituents is 2. The van der Waals surface area contributed by atoms with E-state index in [0.717, 1.165) is 42.0 Å². The first-order chi connectivity index (χ1) is 22.6. The van der Waals surface area contributed by atoms with Gasteiger partial charge in [-0.1, -0.05) is 107 Å². The Bertz CT molecular complexity index is 1430. The van der Waals surface area contributed by atoms with Gasteiger partial charge >= 0.3 is 0 Å². The highest BCUT2D eigenvalue weighted by atomic mass is 127. The molecule has 0 saturated heterocycles. The van der Waals surface area contributed by atoms with Gasteiger partial charge in [0.05, 0.1) is 8.81 Å². The quantitative estimate of drug-likeness (QED) is 0.0843. The zero-order chi connectivity index (χ0) is 35.7. The van der Waals surface area contributed by atoms with Crippen LogP contribution in [0.3, 0.4) is 0 Å². The van der Waals surface area contributed by atoms with E-state index in [1.54, 1.807) is 21.3 Å². The highest BCUT2D eigenvalue weighted by molar-refractivity contribution is 14.2. The van der Waals surface area contributed by atoms with Crippen molar-refractivity contribution in [3.05, 3.63) is 119 Å². The zero-order valence-corrected chi connectivity index (χ0v) is 34.9. The van der Waals surface area contributed by atoms with Crippen LogP contribution >= 0.6 is 48.1 Å². The lowest BCUT2D eigenvalue weighted by Gasteiger charge is -2.40. The molecule has 9 heteroatoms. The molecule has 2 N–H and O–H groups in total. The minimum absolute atomic E-state index is 0.167. The summed E-state index contributed by atoms with van der Waals surface area (Å²) >= 11 is 2.39. The van der Waals surface area contributed by atoms with Crippen LogP contribution in [0.25, 0.3) is 0 Å². The fourth-order valence-electron chi connectivity index (χ4n) is 5.40. The number of rotatable bonds is 12. The predicted octanol–water partition coefficient (Wildman–Crippen LogP) is 12.8. The van der Waals surface area contributed by atoms with E-state index in [1.807, 2.05) is 62.4 Å². The van der Waals surface area contributed by atoms with Gasteiger partial charge in [-0.25, -0.2) is 0 Å². The summed E-state index contributed by atoms with van der Waals surface area (Å²) in [6.07, 6.45) is 2.28. The molecule has 0 aliphatic rings. The van der Waals surface area contributed by atoms with Gasteiger partial charge in [0.1, 0.15) is 23.0 Å². The Morgan fingerprint density at radius 1 is 0.688 bits per heavy atom. The van der Waals surface area contributed by atoms with Gasteiger partial charge < -0.3 is 19.3 Å². The third-order valence-corrected chi connectivity index (χ3v) is 12.4. The van der Waals surface area contributed by atoms with Crippen molar-refractivity contribution >= 4 is 48.1 Å². The molecular weight excluding hydrogens is 767 g/mol. The van der Waals surface area contributed by atoms with Crippen LogP contribution in [0.4, 0.5) is 0 Å². The number of halogens is 1. The molecule has 0 aliphatic carbocycles. The van der Waals surface area contributed by atoms with E-state index in [9.17, 15) is 0 Å². The molecule has 48 heavy (non-hydrogen) atoms. The average Bonchev–Trinajstić information content (AvgIpc) is 3.02. The van der Waals surface area contributed by atoms with E-state index in [1.165, 1.54) is 11.1 Å². The molecule has 4 rings (SSSR count). The van der Waals surface area contributed by atoms with E-state index in [0.29, 0.717) is 34.9 Å². The highest BCUT2D eigenvalue weighted by Crippen LogP contribution is 2.46. The van der Waals surface area contributed by atoms with Crippen molar-refractivity contribution in [3.63, 3.8) is 0 Å². The first kappa shape index (κ1) is 42.1. The Hall–Kier alpha value is -2.02. The predicted molar refractivity (Wildman–Crippen MR) is 221 cm³/mol. The molecule has 4 atom stereocenters. The molecule has 0 radical (unpaired) electrons. The Kier molecular flexibility index (Phi) is 18.7. The summed E-state index contributed by atoms with van der Waals surface area (Å²) in [5, 5.41) is 17.8. The monoisotopic (exact) mass is 821 g/mol. The number of benzene rings is 4. The number of hydrogen-bond acceptors (Lipinski definition) is 6. The van der Waals surface area contributed by atoms with Crippen LogP contribution in [0.1, 0.15) is 69.7 Å². The summed E-state index contributed by atoms with van der Waals surface area (Å²) in [5.74, 6) is 2.72. The smallest absolute Gasteiger partial charge is 0.160 e. The minimum Gasteiger partial charge on any atom is -0.508 e. The normalized spacial score (nSPS) is 13.4. The van der Waals surface area contributed by atoms with Gasteiger partial charge in [0.25, 0.3) is 0 Å². The first-order valence-electron chi connectivity index (χ1n) is 16.1. The molecule has 4 unspecified atom stereocenters. The lowest BCUT2D eigenvalue weighted by atomic mass is 9.72. The SMILES string of the molecule is Cc1ccccc1O.Cc1ccccc1O.Cc1ccccc1OPC(C)CC(C)(CN(POc1ccccc1C)SI)CC(C)(C)C. The molecule has 5 nitrogen and oxygen atoms in total. The van der Waals surface area contributed by atoms with Crippen LogP contribution in [0.15, 0.2) is 97.1 Å². The molecule has 0 fully saturated rings. The Morgan fingerprint density at radius 2 is 1.10 bits per heavy atom. The maximum atomic E-state index is 8.92. The van der Waals surface area contributed by atoms with Gasteiger partial charge in [0.2, 0.25) is 0 Å². The summed E-state index contributed by atoms with van der Waals surface area (Å²) < 4.78 is 14.8. The fourth-order valence-corrected chi connectivity index (χ4v) is 9.14. The molecule has 0 amide bonds. The molecule has 0 aromatic heterocycles. The number of aromatic hydroxyl groups is 2. The molecular formula is C39H54INO4P2S. The van der Waals surface area contributed by atoms with Crippen LogP contribution < -0.4 is 9.05 Å². The van der Waals surface area contributed by atoms with Gasteiger partial charge in [-0.2, -0.15) is 4.08 Å². The summed E-state index contributed by atoms with van der Waals surface area (Å²) in [4.78, 5) is 0. The lowest BCUT2D eigenvalue weighted by Crippen LogP contribution is -2.34. The Morgan fingerprint density at radius 3 is 1.48 bits per heavy atom. The second-order valence-corrected chi connectivity index (χ2v) is 18.2. The van der Waals surface area contributed by atoms with Crippen molar-refractivity contribution in [2.75, 3.05) is 6.54 Å². The molecule has 262 valence electrons. The Balaban J connectivity index is 0.000000402. The highest BCUT2D eigenvalue weighted by Gasteiger charge is 2.34. The second-order valence-electron chi connectivity index (χ2n) is 13.8. The molecule has 0 heterocycles. The molecule has 0 aliphatic heterocycles. The van der Waals surface area contributed by atoms with Crippen molar-refractivity contribution in [3.8, 4) is 23.0 Å². The third kappa shape index (κ3) is 16.6. The van der Waals surface area contributed by atoms with E-state index in [4.69, 9.17) is 19.3 Å². The molecule has 0 bridgehead atoms. The van der Waals surface area contributed by atoms with E-state index < -0.39 is 0 Å².